The van der Waals surface area contributed by atoms with Crippen molar-refractivity contribution >= 4 is 28.8 Å². The number of ether oxygens (including phenoxy) is 3. The van der Waals surface area contributed by atoms with Gasteiger partial charge in [0.1, 0.15) is 11.4 Å². The Morgan fingerprint density at radius 2 is 1.67 bits per heavy atom. The smallest absolute Gasteiger partial charge is 0.268 e. The zero-order valence-corrected chi connectivity index (χ0v) is 20.3. The van der Waals surface area contributed by atoms with Crippen molar-refractivity contribution in [3.05, 3.63) is 95.3 Å². The summed E-state index contributed by atoms with van der Waals surface area (Å²) in [6, 6.07) is 19.7. The number of fused-ring (bicyclic) bond motifs is 1. The van der Waals surface area contributed by atoms with E-state index >= 15 is 0 Å². The van der Waals surface area contributed by atoms with E-state index in [4.69, 9.17) is 14.2 Å². The number of aromatic amines is 1. The molecule has 3 N–H and O–H groups in total. The maximum atomic E-state index is 13.3. The zero-order chi connectivity index (χ0) is 25.5. The third-order valence-corrected chi connectivity index (χ3v) is 5.65. The lowest BCUT2D eigenvalue weighted by Gasteiger charge is -2.13. The third kappa shape index (κ3) is 5.50. The van der Waals surface area contributed by atoms with Gasteiger partial charge < -0.3 is 29.8 Å². The number of benzene rings is 3. The minimum atomic E-state index is -0.439. The minimum Gasteiger partial charge on any atom is -0.497 e. The Hall–Kier alpha value is -4.72. The van der Waals surface area contributed by atoms with E-state index < -0.39 is 5.91 Å². The lowest BCUT2D eigenvalue weighted by molar-refractivity contribution is -0.117. The fraction of sp³-hybridized carbons (Fsp3) is 0.143. The molecule has 0 spiro atoms. The molecule has 0 bridgehead atoms. The molecule has 0 aliphatic heterocycles. The van der Waals surface area contributed by atoms with Gasteiger partial charge in [0, 0.05) is 34.8 Å². The van der Waals surface area contributed by atoms with Gasteiger partial charge in [-0.25, -0.2) is 0 Å². The lowest BCUT2D eigenvalue weighted by Crippen LogP contribution is -2.34. The first-order valence-corrected chi connectivity index (χ1v) is 11.2. The van der Waals surface area contributed by atoms with Gasteiger partial charge in [0.2, 0.25) is 0 Å². The second-order valence-corrected chi connectivity index (χ2v) is 7.91. The summed E-state index contributed by atoms with van der Waals surface area (Å²) in [4.78, 5) is 29.3. The molecule has 0 aliphatic rings. The number of amides is 2. The molecule has 36 heavy (non-hydrogen) atoms. The molecule has 184 valence electrons. The molecule has 1 aromatic heterocycles. The predicted octanol–water partition coefficient (Wildman–Crippen LogP) is 4.28. The van der Waals surface area contributed by atoms with E-state index in [9.17, 15) is 9.59 Å². The predicted molar refractivity (Wildman–Crippen MR) is 138 cm³/mol. The van der Waals surface area contributed by atoms with Crippen LogP contribution in [0.1, 0.15) is 21.5 Å². The van der Waals surface area contributed by atoms with Gasteiger partial charge >= 0.3 is 0 Å². The molecule has 2 amide bonds. The number of methoxy groups -OCH3 is 3. The molecule has 8 nitrogen and oxygen atoms in total. The number of nitrogens with one attached hydrogen (secondary N) is 3. The summed E-state index contributed by atoms with van der Waals surface area (Å²) in [7, 11) is 4.71. The number of H-pyrrole nitrogens is 1. The maximum Gasteiger partial charge on any atom is 0.268 e. The first-order valence-electron chi connectivity index (χ1n) is 11.2. The Balaban J connectivity index is 1.62. The van der Waals surface area contributed by atoms with Gasteiger partial charge in [-0.2, -0.15) is 0 Å². The Morgan fingerprint density at radius 1 is 0.889 bits per heavy atom. The average molecular weight is 486 g/mol. The van der Waals surface area contributed by atoms with Crippen LogP contribution in [0.2, 0.25) is 0 Å². The summed E-state index contributed by atoms with van der Waals surface area (Å²) >= 11 is 0. The highest BCUT2D eigenvalue weighted by molar-refractivity contribution is 6.06. The van der Waals surface area contributed by atoms with Crippen molar-refractivity contribution in [1.29, 1.82) is 0 Å². The SMILES string of the molecule is COc1ccc2[nH]cc(/C=C(/NC(=O)c3ccccc3)C(=O)NCc3ccc(OC)c(OC)c3)c2c1. The van der Waals surface area contributed by atoms with Crippen LogP contribution in [0.25, 0.3) is 17.0 Å². The first-order chi connectivity index (χ1) is 17.5. The van der Waals surface area contributed by atoms with Gasteiger partial charge in [-0.3, -0.25) is 9.59 Å². The van der Waals surface area contributed by atoms with Crippen molar-refractivity contribution in [2.45, 2.75) is 6.54 Å². The Kier molecular flexibility index (Phi) is 7.55. The van der Waals surface area contributed by atoms with Gasteiger partial charge in [-0.1, -0.05) is 24.3 Å². The summed E-state index contributed by atoms with van der Waals surface area (Å²) in [6.45, 7) is 0.222. The van der Waals surface area contributed by atoms with E-state index in [1.165, 1.54) is 0 Å². The van der Waals surface area contributed by atoms with Crippen molar-refractivity contribution in [1.82, 2.24) is 15.6 Å². The quantitative estimate of drug-likeness (QED) is 0.307. The van der Waals surface area contributed by atoms with Gasteiger partial charge in [-0.15, -0.1) is 0 Å². The molecule has 0 aliphatic carbocycles. The first kappa shape index (κ1) is 24.4. The van der Waals surface area contributed by atoms with Gasteiger partial charge in [0.05, 0.1) is 21.3 Å². The van der Waals surface area contributed by atoms with Gasteiger partial charge in [-0.05, 0) is 54.1 Å². The monoisotopic (exact) mass is 485 g/mol. The van der Waals surface area contributed by atoms with E-state index in [1.54, 1.807) is 70.0 Å². The molecule has 8 heteroatoms. The Morgan fingerprint density at radius 3 is 2.39 bits per heavy atom. The molecule has 0 unspecified atom stereocenters. The van der Waals surface area contributed by atoms with Crippen molar-refractivity contribution < 1.29 is 23.8 Å². The number of aromatic nitrogens is 1. The minimum absolute atomic E-state index is 0.105. The summed E-state index contributed by atoms with van der Waals surface area (Å²) in [5.41, 5.74) is 2.96. The fourth-order valence-electron chi connectivity index (χ4n) is 3.73. The second kappa shape index (κ2) is 11.1. The van der Waals surface area contributed by atoms with Crippen LogP contribution in [-0.2, 0) is 11.3 Å². The van der Waals surface area contributed by atoms with E-state index in [0.29, 0.717) is 22.8 Å². The third-order valence-electron chi connectivity index (χ3n) is 5.65. The number of rotatable bonds is 9. The molecule has 0 atom stereocenters. The largest absolute Gasteiger partial charge is 0.497 e. The normalized spacial score (nSPS) is 11.1. The highest BCUT2D eigenvalue weighted by Gasteiger charge is 2.16. The lowest BCUT2D eigenvalue weighted by atomic mass is 10.1. The van der Waals surface area contributed by atoms with E-state index in [-0.39, 0.29) is 18.1 Å². The highest BCUT2D eigenvalue weighted by atomic mass is 16.5. The van der Waals surface area contributed by atoms with Crippen LogP contribution in [-0.4, -0.2) is 38.1 Å². The van der Waals surface area contributed by atoms with Crippen molar-refractivity contribution in [3.63, 3.8) is 0 Å². The molecule has 0 saturated heterocycles. The Labute approximate surface area is 208 Å². The summed E-state index contributed by atoms with van der Waals surface area (Å²) in [5.74, 6) is 1.01. The zero-order valence-electron chi connectivity index (χ0n) is 20.3. The van der Waals surface area contributed by atoms with Crippen LogP contribution in [0.5, 0.6) is 17.2 Å². The van der Waals surface area contributed by atoms with Crippen molar-refractivity contribution in [2.24, 2.45) is 0 Å². The summed E-state index contributed by atoms with van der Waals surface area (Å²) < 4.78 is 16.0. The summed E-state index contributed by atoms with van der Waals surface area (Å²) in [6.07, 6.45) is 3.42. The Bertz CT molecular complexity index is 1410. The van der Waals surface area contributed by atoms with Crippen LogP contribution in [0.15, 0.2) is 78.6 Å². The van der Waals surface area contributed by atoms with Gasteiger partial charge in [0.15, 0.2) is 11.5 Å². The number of carbonyl (C=O) groups excluding carboxylic acids is 2. The van der Waals surface area contributed by atoms with Crippen molar-refractivity contribution in [3.8, 4) is 17.2 Å². The number of hydrogen-bond acceptors (Lipinski definition) is 5. The topological polar surface area (TPSA) is 102 Å². The number of hydrogen-bond donors (Lipinski definition) is 3. The van der Waals surface area contributed by atoms with Crippen LogP contribution in [0, 0.1) is 0 Å². The fourth-order valence-corrected chi connectivity index (χ4v) is 3.73. The van der Waals surface area contributed by atoms with Crippen LogP contribution in [0.4, 0.5) is 0 Å². The maximum absolute atomic E-state index is 13.3. The van der Waals surface area contributed by atoms with E-state index in [0.717, 1.165) is 22.0 Å². The van der Waals surface area contributed by atoms with E-state index in [1.807, 2.05) is 30.3 Å². The van der Waals surface area contributed by atoms with E-state index in [2.05, 4.69) is 15.6 Å². The standard InChI is InChI=1S/C28H27N3O5/c1-34-21-10-11-23-22(15-21)20(17-29-23)14-24(31-27(32)19-7-5-4-6-8-19)28(33)30-16-18-9-12-25(35-2)26(13-18)36-3/h4-15,17,29H,16H2,1-3H3,(H,30,33)(H,31,32)/b24-14+. The second-order valence-electron chi connectivity index (χ2n) is 7.91. The molecule has 3 aromatic carbocycles. The van der Waals surface area contributed by atoms with Crippen LogP contribution >= 0.6 is 0 Å². The molecule has 0 radical (unpaired) electrons. The van der Waals surface area contributed by atoms with Gasteiger partial charge in [0.25, 0.3) is 11.8 Å². The molecular weight excluding hydrogens is 458 g/mol. The molecular formula is C28H27N3O5. The number of carbonyl (C=O) groups is 2. The van der Waals surface area contributed by atoms with Crippen LogP contribution < -0.4 is 24.8 Å². The molecule has 4 aromatic rings. The van der Waals surface area contributed by atoms with Crippen molar-refractivity contribution in [2.75, 3.05) is 21.3 Å². The summed E-state index contributed by atoms with van der Waals surface area (Å²) in [5, 5.41) is 6.49. The van der Waals surface area contributed by atoms with Crippen LogP contribution in [0.3, 0.4) is 0 Å². The highest BCUT2D eigenvalue weighted by Crippen LogP contribution is 2.28. The molecule has 1 heterocycles. The molecule has 0 saturated carbocycles. The average Bonchev–Trinajstić information content (AvgIpc) is 3.33. The molecule has 4 rings (SSSR count). The molecule has 0 fully saturated rings.